The van der Waals surface area contributed by atoms with Gasteiger partial charge in [0.15, 0.2) is 5.65 Å². The first-order valence-electron chi connectivity index (χ1n) is 9.68. The van der Waals surface area contributed by atoms with Crippen molar-refractivity contribution in [3.63, 3.8) is 0 Å². The fourth-order valence-electron chi connectivity index (χ4n) is 3.08. The summed E-state index contributed by atoms with van der Waals surface area (Å²) in [4.78, 5) is 17.2. The molecule has 0 saturated carbocycles. The molecule has 0 unspecified atom stereocenters. The molecule has 0 spiro atoms. The molecule has 4 rings (SSSR count). The van der Waals surface area contributed by atoms with E-state index in [-0.39, 0.29) is 18.8 Å². The second-order valence-corrected chi connectivity index (χ2v) is 6.50. The van der Waals surface area contributed by atoms with Gasteiger partial charge in [0.25, 0.3) is 5.56 Å². The van der Waals surface area contributed by atoms with Gasteiger partial charge in [0, 0.05) is 12.3 Å². The smallest absolute Gasteiger partial charge is 0.260 e. The van der Waals surface area contributed by atoms with Crippen molar-refractivity contribution in [2.75, 3.05) is 20.3 Å². The highest BCUT2D eigenvalue weighted by Gasteiger charge is 2.11. The van der Waals surface area contributed by atoms with Gasteiger partial charge in [0.2, 0.25) is 0 Å². The summed E-state index contributed by atoms with van der Waals surface area (Å²) in [5, 5.41) is 0.738. The van der Waals surface area contributed by atoms with Crippen LogP contribution in [0.15, 0.2) is 83.8 Å². The third-order valence-electron chi connectivity index (χ3n) is 4.55. The van der Waals surface area contributed by atoms with Crippen LogP contribution in [-0.4, -0.2) is 29.9 Å². The number of rotatable bonds is 6. The summed E-state index contributed by atoms with van der Waals surface area (Å²) >= 11 is 0. The van der Waals surface area contributed by atoms with Crippen molar-refractivity contribution in [1.82, 2.24) is 9.55 Å². The first-order valence-corrected chi connectivity index (χ1v) is 9.68. The van der Waals surface area contributed by atoms with E-state index in [0.29, 0.717) is 17.1 Å². The molecule has 154 valence electrons. The van der Waals surface area contributed by atoms with E-state index in [1.54, 1.807) is 17.9 Å². The van der Waals surface area contributed by atoms with E-state index >= 15 is 0 Å². The predicted molar refractivity (Wildman–Crippen MR) is 119 cm³/mol. The Morgan fingerprint density at radius 2 is 1.58 bits per heavy atom. The highest BCUT2D eigenvalue weighted by molar-refractivity contribution is 5.83. The molecule has 0 aliphatic heterocycles. The quantitative estimate of drug-likeness (QED) is 0.450. The second kappa shape index (κ2) is 9.51. The first kappa shape index (κ1) is 20.0. The van der Waals surface area contributed by atoms with Gasteiger partial charge in [-0.3, -0.25) is 9.36 Å². The highest BCUT2D eigenvalue weighted by Crippen LogP contribution is 2.24. The normalized spacial score (nSPS) is 10.2. The molecule has 0 bridgehead atoms. The summed E-state index contributed by atoms with van der Waals surface area (Å²) in [6.07, 6.45) is 1.65. The Bertz CT molecular complexity index is 1290. The van der Waals surface area contributed by atoms with Crippen LogP contribution in [0.1, 0.15) is 0 Å². The number of hydrogen-bond acceptors (Lipinski definition) is 5. The molecule has 0 fully saturated rings. The van der Waals surface area contributed by atoms with Crippen molar-refractivity contribution < 1.29 is 14.2 Å². The van der Waals surface area contributed by atoms with Crippen LogP contribution in [0.3, 0.4) is 0 Å². The van der Waals surface area contributed by atoms with Gasteiger partial charge in [-0.2, -0.15) is 0 Å². The van der Waals surface area contributed by atoms with Crippen molar-refractivity contribution in [2.24, 2.45) is 0 Å². The van der Waals surface area contributed by atoms with Crippen LogP contribution in [0.5, 0.6) is 17.2 Å². The van der Waals surface area contributed by atoms with Crippen molar-refractivity contribution in [3.05, 3.63) is 89.3 Å². The summed E-state index contributed by atoms with van der Waals surface area (Å²) in [6.45, 7) is 0.359. The molecule has 6 nitrogen and oxygen atoms in total. The Balaban J connectivity index is 1.46. The Morgan fingerprint density at radius 3 is 2.32 bits per heavy atom. The summed E-state index contributed by atoms with van der Waals surface area (Å²) in [5.74, 6) is 7.73. The molecule has 0 aliphatic carbocycles. The SMILES string of the molecule is COc1ccc(OCC#CCOc2cc(=O)n(-c3ccccc3)c3ncccc23)cc1. The van der Waals surface area contributed by atoms with Gasteiger partial charge < -0.3 is 14.2 Å². The summed E-state index contributed by atoms with van der Waals surface area (Å²) < 4.78 is 18.0. The number of aromatic nitrogens is 2. The molecule has 2 aromatic heterocycles. The Labute approximate surface area is 179 Å². The van der Waals surface area contributed by atoms with Crippen LogP contribution < -0.4 is 19.8 Å². The fraction of sp³-hybridized carbons (Fsp3) is 0.120. The molecular formula is C25H20N2O4. The lowest BCUT2D eigenvalue weighted by Crippen LogP contribution is -2.19. The number of methoxy groups -OCH3 is 1. The topological polar surface area (TPSA) is 62.6 Å². The molecule has 2 heterocycles. The van der Waals surface area contributed by atoms with Gasteiger partial charge in [-0.1, -0.05) is 30.0 Å². The Hall–Kier alpha value is -4.24. The van der Waals surface area contributed by atoms with Crippen molar-refractivity contribution in [3.8, 4) is 34.8 Å². The highest BCUT2D eigenvalue weighted by atomic mass is 16.5. The number of pyridine rings is 2. The van der Waals surface area contributed by atoms with Gasteiger partial charge in [-0.05, 0) is 48.5 Å². The van der Waals surface area contributed by atoms with Gasteiger partial charge in [-0.25, -0.2) is 4.98 Å². The van der Waals surface area contributed by atoms with Gasteiger partial charge in [-0.15, -0.1) is 0 Å². The minimum absolute atomic E-state index is 0.130. The maximum atomic E-state index is 12.8. The second-order valence-electron chi connectivity index (χ2n) is 6.50. The van der Waals surface area contributed by atoms with E-state index in [1.807, 2.05) is 66.7 Å². The van der Waals surface area contributed by atoms with Crippen LogP contribution in [0.4, 0.5) is 0 Å². The van der Waals surface area contributed by atoms with Crippen LogP contribution >= 0.6 is 0 Å². The fourth-order valence-corrected chi connectivity index (χ4v) is 3.08. The first-order chi connectivity index (χ1) is 15.3. The zero-order valence-electron chi connectivity index (χ0n) is 16.9. The molecule has 0 N–H and O–H groups in total. The Kier molecular flexibility index (Phi) is 6.15. The monoisotopic (exact) mass is 412 g/mol. The van der Waals surface area contributed by atoms with E-state index in [1.165, 1.54) is 6.07 Å². The third-order valence-corrected chi connectivity index (χ3v) is 4.55. The minimum Gasteiger partial charge on any atom is -0.497 e. The number of hydrogen-bond donors (Lipinski definition) is 0. The summed E-state index contributed by atoms with van der Waals surface area (Å²) in [5.41, 5.74) is 1.06. The molecule has 0 radical (unpaired) electrons. The lowest BCUT2D eigenvalue weighted by molar-refractivity contribution is 0.362. The van der Waals surface area contributed by atoms with Crippen LogP contribution in [-0.2, 0) is 0 Å². The molecule has 0 aliphatic rings. The van der Waals surface area contributed by atoms with Gasteiger partial charge >= 0.3 is 0 Å². The molecule has 6 heteroatoms. The number of ether oxygens (including phenoxy) is 3. The number of para-hydroxylation sites is 1. The Morgan fingerprint density at radius 1 is 0.871 bits per heavy atom. The van der Waals surface area contributed by atoms with E-state index in [4.69, 9.17) is 14.2 Å². The van der Waals surface area contributed by atoms with E-state index in [0.717, 1.165) is 16.8 Å². The molecule has 0 atom stereocenters. The molecule has 31 heavy (non-hydrogen) atoms. The zero-order chi connectivity index (χ0) is 21.5. The van der Waals surface area contributed by atoms with E-state index < -0.39 is 0 Å². The van der Waals surface area contributed by atoms with Crippen LogP contribution in [0, 0.1) is 11.8 Å². The van der Waals surface area contributed by atoms with Gasteiger partial charge in [0.05, 0.1) is 18.2 Å². The molecule has 2 aromatic carbocycles. The molecular weight excluding hydrogens is 392 g/mol. The van der Waals surface area contributed by atoms with Crippen LogP contribution in [0.25, 0.3) is 16.7 Å². The van der Waals surface area contributed by atoms with Crippen molar-refractivity contribution >= 4 is 11.0 Å². The number of nitrogens with zero attached hydrogens (tertiary/aromatic N) is 2. The van der Waals surface area contributed by atoms with Crippen molar-refractivity contribution in [1.29, 1.82) is 0 Å². The lowest BCUT2D eigenvalue weighted by Gasteiger charge is -2.12. The maximum Gasteiger partial charge on any atom is 0.260 e. The molecule has 0 saturated heterocycles. The average molecular weight is 412 g/mol. The van der Waals surface area contributed by atoms with Gasteiger partial charge in [0.1, 0.15) is 30.5 Å². The van der Waals surface area contributed by atoms with E-state index in [2.05, 4.69) is 16.8 Å². The summed E-state index contributed by atoms with van der Waals surface area (Å²) in [6, 6.07) is 21.8. The van der Waals surface area contributed by atoms with Crippen LogP contribution in [0.2, 0.25) is 0 Å². The molecule has 0 amide bonds. The number of fused-ring (bicyclic) bond motifs is 1. The zero-order valence-corrected chi connectivity index (χ0v) is 16.9. The minimum atomic E-state index is -0.219. The average Bonchev–Trinajstić information content (AvgIpc) is 2.82. The van der Waals surface area contributed by atoms with E-state index in [9.17, 15) is 4.79 Å². The summed E-state index contributed by atoms with van der Waals surface area (Å²) in [7, 11) is 1.62. The lowest BCUT2D eigenvalue weighted by atomic mass is 10.2. The standard InChI is InChI=1S/C25H20N2O4/c1-29-20-11-13-21(14-12-20)30-16-5-6-17-31-23-18-24(28)27(19-8-3-2-4-9-19)25-22(23)10-7-15-26-25/h2-4,7-15,18H,16-17H2,1H3. The van der Waals surface area contributed by atoms with Crippen molar-refractivity contribution in [2.45, 2.75) is 0 Å². The number of benzene rings is 2. The third kappa shape index (κ3) is 4.68. The largest absolute Gasteiger partial charge is 0.497 e. The maximum absolute atomic E-state index is 12.8. The predicted octanol–water partition coefficient (Wildman–Crippen LogP) is 3.86. The molecule has 4 aromatic rings.